The third-order valence-electron chi connectivity index (χ3n) is 5.45. The number of hydrogen-bond donors (Lipinski definition) is 0. The normalized spacial score (nSPS) is 15.5. The molecule has 0 spiro atoms. The van der Waals surface area contributed by atoms with Crippen LogP contribution in [0.3, 0.4) is 0 Å². The van der Waals surface area contributed by atoms with Gasteiger partial charge in [-0.3, -0.25) is 4.90 Å². The maximum absolute atomic E-state index is 6.12. The fraction of sp³-hybridized carbons (Fsp3) is 0.333. The highest BCUT2D eigenvalue weighted by Crippen LogP contribution is 2.35. The van der Waals surface area contributed by atoms with Gasteiger partial charge in [-0.1, -0.05) is 18.2 Å². The highest BCUT2D eigenvalue weighted by atomic mass is 32.2. The van der Waals surface area contributed by atoms with Crippen molar-refractivity contribution >= 4 is 11.8 Å². The van der Waals surface area contributed by atoms with E-state index >= 15 is 0 Å². The van der Waals surface area contributed by atoms with E-state index in [2.05, 4.69) is 59.3 Å². The van der Waals surface area contributed by atoms with Crippen molar-refractivity contribution in [3.05, 3.63) is 72.0 Å². The first-order valence-corrected chi connectivity index (χ1v) is 11.0. The number of nitrogens with zero attached hydrogens (tertiary/aromatic N) is 2. The monoisotopic (exact) mass is 408 g/mol. The molecule has 29 heavy (non-hydrogen) atoms. The quantitative estimate of drug-likeness (QED) is 0.514. The van der Waals surface area contributed by atoms with Crippen LogP contribution in [0, 0.1) is 0 Å². The van der Waals surface area contributed by atoms with Crippen LogP contribution < -0.4 is 4.74 Å². The summed E-state index contributed by atoms with van der Waals surface area (Å²) in [5.74, 6) is 2.73. The van der Waals surface area contributed by atoms with Crippen LogP contribution in [0.15, 0.2) is 70.2 Å². The summed E-state index contributed by atoms with van der Waals surface area (Å²) < 4.78 is 11.4. The number of piperazine rings is 1. The zero-order valence-electron chi connectivity index (χ0n) is 17.1. The molecule has 1 aromatic heterocycles. The minimum atomic E-state index is 0.859. The van der Waals surface area contributed by atoms with Gasteiger partial charge in [-0.25, -0.2) is 0 Å². The van der Waals surface area contributed by atoms with Gasteiger partial charge in [0.15, 0.2) is 0 Å². The van der Waals surface area contributed by atoms with Crippen LogP contribution in [0.2, 0.25) is 0 Å². The lowest BCUT2D eigenvalue weighted by molar-refractivity contribution is 0.148. The molecule has 3 aromatic rings. The summed E-state index contributed by atoms with van der Waals surface area (Å²) in [5, 5.41) is 0. The Kier molecular flexibility index (Phi) is 6.60. The molecule has 1 saturated heterocycles. The third kappa shape index (κ3) is 5.04. The van der Waals surface area contributed by atoms with Gasteiger partial charge < -0.3 is 14.1 Å². The summed E-state index contributed by atoms with van der Waals surface area (Å²) >= 11 is 1.86. The lowest BCUT2D eigenvalue weighted by Gasteiger charge is -2.32. The van der Waals surface area contributed by atoms with Gasteiger partial charge in [0.05, 0.1) is 13.4 Å². The van der Waals surface area contributed by atoms with Gasteiger partial charge in [0.1, 0.15) is 11.5 Å². The van der Waals surface area contributed by atoms with Crippen molar-refractivity contribution in [1.29, 1.82) is 0 Å². The standard InChI is InChI=1S/C24H28N2O2S/c1-25-12-14-26(15-13-25)16-20-17-28-24(19-8-10-21(27-2)11-9-19)23(20)18-29-22-6-4-3-5-7-22/h3-11,17H,12-16,18H2,1-2H3. The van der Waals surface area contributed by atoms with E-state index in [1.807, 2.05) is 30.2 Å². The highest BCUT2D eigenvalue weighted by molar-refractivity contribution is 7.98. The molecule has 4 nitrogen and oxygen atoms in total. The Balaban J connectivity index is 1.58. The van der Waals surface area contributed by atoms with Crippen molar-refractivity contribution < 1.29 is 9.15 Å². The average molecular weight is 409 g/mol. The third-order valence-corrected chi connectivity index (χ3v) is 6.49. The molecule has 2 aromatic carbocycles. The highest BCUT2D eigenvalue weighted by Gasteiger charge is 2.20. The van der Waals surface area contributed by atoms with Crippen molar-refractivity contribution in [2.45, 2.75) is 17.2 Å². The predicted octanol–water partition coefficient (Wildman–Crippen LogP) is 4.99. The molecule has 0 radical (unpaired) electrons. The van der Waals surface area contributed by atoms with Crippen LogP contribution in [-0.4, -0.2) is 50.1 Å². The first kappa shape index (κ1) is 20.1. The Morgan fingerprint density at radius 2 is 1.69 bits per heavy atom. The van der Waals surface area contributed by atoms with Gasteiger partial charge in [-0.05, 0) is 43.4 Å². The van der Waals surface area contributed by atoms with Crippen LogP contribution >= 0.6 is 11.8 Å². The fourth-order valence-electron chi connectivity index (χ4n) is 3.61. The molecule has 152 valence electrons. The maximum atomic E-state index is 6.12. The maximum Gasteiger partial charge on any atom is 0.138 e. The summed E-state index contributed by atoms with van der Waals surface area (Å²) in [5.41, 5.74) is 3.69. The zero-order chi connectivity index (χ0) is 20.1. The molecule has 4 rings (SSSR count). The Morgan fingerprint density at radius 1 is 0.966 bits per heavy atom. The van der Waals surface area contributed by atoms with E-state index in [1.54, 1.807) is 7.11 Å². The Hall–Kier alpha value is -2.21. The van der Waals surface area contributed by atoms with Gasteiger partial charge in [-0.2, -0.15) is 0 Å². The summed E-state index contributed by atoms with van der Waals surface area (Å²) in [6.45, 7) is 5.39. The molecule has 0 bridgehead atoms. The van der Waals surface area contributed by atoms with E-state index in [0.717, 1.165) is 55.5 Å². The topological polar surface area (TPSA) is 28.9 Å². The van der Waals surface area contributed by atoms with Crippen molar-refractivity contribution in [2.24, 2.45) is 0 Å². The Bertz CT molecular complexity index is 900. The summed E-state index contributed by atoms with van der Waals surface area (Å²) in [7, 11) is 3.89. The number of ether oxygens (including phenoxy) is 1. The number of methoxy groups -OCH3 is 1. The molecule has 1 aliphatic rings. The molecule has 0 unspecified atom stereocenters. The second kappa shape index (κ2) is 9.53. The van der Waals surface area contributed by atoms with Crippen molar-refractivity contribution in [3.8, 4) is 17.1 Å². The molecule has 0 aliphatic carbocycles. The Labute approximate surface area is 177 Å². The first-order chi connectivity index (χ1) is 14.2. The molecule has 0 saturated carbocycles. The minimum Gasteiger partial charge on any atom is -0.497 e. The predicted molar refractivity (Wildman–Crippen MR) is 119 cm³/mol. The van der Waals surface area contributed by atoms with Crippen molar-refractivity contribution in [2.75, 3.05) is 40.3 Å². The van der Waals surface area contributed by atoms with E-state index in [4.69, 9.17) is 9.15 Å². The fourth-order valence-corrected chi connectivity index (χ4v) is 4.59. The van der Waals surface area contributed by atoms with Gasteiger partial charge in [0.2, 0.25) is 0 Å². The van der Waals surface area contributed by atoms with Gasteiger partial charge in [0.25, 0.3) is 0 Å². The number of hydrogen-bond acceptors (Lipinski definition) is 5. The lowest BCUT2D eigenvalue weighted by Crippen LogP contribution is -2.43. The van der Waals surface area contributed by atoms with E-state index in [9.17, 15) is 0 Å². The zero-order valence-corrected chi connectivity index (χ0v) is 18.0. The number of furan rings is 1. The summed E-state index contributed by atoms with van der Waals surface area (Å²) in [6, 6.07) is 18.7. The summed E-state index contributed by atoms with van der Waals surface area (Å²) in [4.78, 5) is 6.19. The molecule has 0 N–H and O–H groups in total. The van der Waals surface area contributed by atoms with Crippen molar-refractivity contribution in [1.82, 2.24) is 9.80 Å². The van der Waals surface area contributed by atoms with Crippen LogP contribution in [0.25, 0.3) is 11.3 Å². The molecule has 0 atom stereocenters. The molecule has 0 amide bonds. The second-order valence-electron chi connectivity index (χ2n) is 7.48. The van der Waals surface area contributed by atoms with Crippen molar-refractivity contribution in [3.63, 3.8) is 0 Å². The first-order valence-electron chi connectivity index (χ1n) is 10.1. The number of rotatable bonds is 7. The van der Waals surface area contributed by atoms with Crippen LogP contribution in [-0.2, 0) is 12.3 Å². The van der Waals surface area contributed by atoms with E-state index in [1.165, 1.54) is 16.0 Å². The smallest absolute Gasteiger partial charge is 0.138 e. The Morgan fingerprint density at radius 3 is 2.38 bits per heavy atom. The number of thioether (sulfide) groups is 1. The molecule has 2 heterocycles. The summed E-state index contributed by atoms with van der Waals surface area (Å²) in [6.07, 6.45) is 1.96. The van der Waals surface area contributed by atoms with Crippen LogP contribution in [0.1, 0.15) is 11.1 Å². The van der Waals surface area contributed by atoms with E-state index in [0.29, 0.717) is 0 Å². The van der Waals surface area contributed by atoms with Crippen LogP contribution in [0.5, 0.6) is 5.75 Å². The SMILES string of the molecule is COc1ccc(-c2occ(CN3CCN(C)CC3)c2CSc2ccccc2)cc1. The van der Waals surface area contributed by atoms with Crippen LogP contribution in [0.4, 0.5) is 0 Å². The number of likely N-dealkylation sites (N-methyl/N-ethyl adjacent to an activating group) is 1. The molecule has 1 fully saturated rings. The molecule has 1 aliphatic heterocycles. The minimum absolute atomic E-state index is 0.859. The largest absolute Gasteiger partial charge is 0.497 e. The van der Waals surface area contributed by atoms with Gasteiger partial charge >= 0.3 is 0 Å². The molecule has 5 heteroatoms. The van der Waals surface area contributed by atoms with Gasteiger partial charge in [0, 0.05) is 60.1 Å². The number of benzene rings is 2. The second-order valence-corrected chi connectivity index (χ2v) is 8.53. The molecular weight excluding hydrogens is 380 g/mol. The lowest BCUT2D eigenvalue weighted by atomic mass is 10.1. The molecular formula is C24H28N2O2S. The van der Waals surface area contributed by atoms with E-state index < -0.39 is 0 Å². The van der Waals surface area contributed by atoms with Gasteiger partial charge in [-0.15, -0.1) is 11.8 Å². The van der Waals surface area contributed by atoms with E-state index in [-0.39, 0.29) is 0 Å². The average Bonchev–Trinajstić information content (AvgIpc) is 3.17.